The lowest BCUT2D eigenvalue weighted by molar-refractivity contribution is 0.0690. The molecule has 0 saturated heterocycles. The van der Waals surface area contributed by atoms with E-state index in [0.29, 0.717) is 5.69 Å². The number of carboxylic acids is 1. The normalized spacial score (nSPS) is 10.5. The van der Waals surface area contributed by atoms with E-state index in [9.17, 15) is 4.79 Å². The summed E-state index contributed by atoms with van der Waals surface area (Å²) in [6, 6.07) is 4.66. The fourth-order valence-corrected chi connectivity index (χ4v) is 0.800. The summed E-state index contributed by atoms with van der Waals surface area (Å²) in [6.45, 7) is 0.192. The highest BCUT2D eigenvalue weighted by molar-refractivity contribution is 5.85. The van der Waals surface area contributed by atoms with Gasteiger partial charge in [0.25, 0.3) is 0 Å². The molecule has 0 unspecified atom stereocenters. The summed E-state index contributed by atoms with van der Waals surface area (Å²) in [7, 11) is 0. The third-order valence-electron chi connectivity index (χ3n) is 1.34. The molecule has 13 heavy (non-hydrogen) atoms. The van der Waals surface area contributed by atoms with Crippen LogP contribution in [0.3, 0.4) is 0 Å². The zero-order valence-corrected chi connectivity index (χ0v) is 6.71. The van der Waals surface area contributed by atoms with Crippen molar-refractivity contribution in [3.8, 4) is 0 Å². The predicted octanol–water partition coefficient (Wildman–Crippen LogP) is 0.606. The molecule has 1 aromatic rings. The van der Waals surface area contributed by atoms with E-state index >= 15 is 0 Å². The van der Waals surface area contributed by atoms with Gasteiger partial charge in [0, 0.05) is 0 Å². The summed E-state index contributed by atoms with van der Waals surface area (Å²) in [5, 5.41) is 15.1. The maximum Gasteiger partial charge on any atom is 0.354 e. The minimum atomic E-state index is -1.06. The highest BCUT2D eigenvalue weighted by atomic mass is 16.4. The van der Waals surface area contributed by atoms with Gasteiger partial charge >= 0.3 is 5.97 Å². The molecule has 1 rings (SSSR count). The van der Waals surface area contributed by atoms with Crippen LogP contribution in [0.2, 0.25) is 0 Å². The van der Waals surface area contributed by atoms with Crippen LogP contribution in [0.15, 0.2) is 28.5 Å². The van der Waals surface area contributed by atoms with Crippen LogP contribution in [0.4, 0.5) is 0 Å². The van der Waals surface area contributed by atoms with Crippen molar-refractivity contribution in [3.63, 3.8) is 0 Å². The average molecular weight is 180 g/mol. The number of nitrogens with two attached hydrogens (primary N) is 1. The Morgan fingerprint density at radius 1 is 1.62 bits per heavy atom. The lowest BCUT2D eigenvalue weighted by Crippen LogP contribution is -2.01. The number of hydrogen-bond acceptors (Lipinski definition) is 4. The third-order valence-corrected chi connectivity index (χ3v) is 1.34. The van der Waals surface area contributed by atoms with Crippen molar-refractivity contribution in [2.24, 2.45) is 16.2 Å². The molecule has 0 amide bonds. The second kappa shape index (κ2) is 4.15. The highest BCUT2D eigenvalue weighted by Crippen LogP contribution is 2.00. The molecule has 0 spiro atoms. The van der Waals surface area contributed by atoms with Crippen molar-refractivity contribution in [3.05, 3.63) is 29.6 Å². The molecule has 0 radical (unpaired) electrons. The Balaban J connectivity index is 2.85. The van der Waals surface area contributed by atoms with Gasteiger partial charge in [-0.25, -0.2) is 9.78 Å². The summed E-state index contributed by atoms with van der Waals surface area (Å²) in [5.41, 5.74) is 0.513. The van der Waals surface area contributed by atoms with Crippen LogP contribution < -0.4 is 5.84 Å². The van der Waals surface area contributed by atoms with Gasteiger partial charge in [-0.2, -0.15) is 5.11 Å². The predicted molar refractivity (Wildman–Crippen MR) is 43.9 cm³/mol. The minimum Gasteiger partial charge on any atom is -0.477 e. The van der Waals surface area contributed by atoms with Crippen LogP contribution in [0.25, 0.3) is 0 Å². The Bertz CT molecular complexity index is 337. The molecule has 6 heteroatoms. The molecule has 0 fully saturated rings. The summed E-state index contributed by atoms with van der Waals surface area (Å²) < 4.78 is 0. The maximum atomic E-state index is 10.5. The van der Waals surface area contributed by atoms with E-state index in [1.54, 1.807) is 12.1 Å². The molecule has 6 nitrogen and oxygen atoms in total. The molecule has 0 aromatic carbocycles. The molecule has 0 aliphatic rings. The van der Waals surface area contributed by atoms with Gasteiger partial charge in [0.1, 0.15) is 12.2 Å². The first kappa shape index (κ1) is 9.11. The number of nitrogens with zero attached hydrogens (tertiary/aromatic N) is 3. The smallest absolute Gasteiger partial charge is 0.354 e. The van der Waals surface area contributed by atoms with Crippen LogP contribution in [0.1, 0.15) is 16.2 Å². The average Bonchev–Trinajstić information content (AvgIpc) is 2.15. The quantitative estimate of drug-likeness (QED) is 0.404. The fourth-order valence-electron chi connectivity index (χ4n) is 0.800. The topological polar surface area (TPSA) is 101 Å². The number of carboxylic acid groups (broad SMARTS) is 1. The van der Waals surface area contributed by atoms with Crippen molar-refractivity contribution >= 4 is 5.97 Å². The number of aromatic carboxylic acids is 1. The largest absolute Gasteiger partial charge is 0.477 e. The lowest BCUT2D eigenvalue weighted by Gasteiger charge is -1.96. The van der Waals surface area contributed by atoms with E-state index in [0.717, 1.165) is 0 Å². The van der Waals surface area contributed by atoms with Crippen LogP contribution in [0.5, 0.6) is 0 Å². The molecule has 1 aromatic heterocycles. The van der Waals surface area contributed by atoms with Gasteiger partial charge in [-0.05, 0) is 12.1 Å². The summed E-state index contributed by atoms with van der Waals surface area (Å²) in [4.78, 5) is 14.3. The van der Waals surface area contributed by atoms with Gasteiger partial charge < -0.3 is 10.9 Å². The van der Waals surface area contributed by atoms with E-state index in [-0.39, 0.29) is 12.2 Å². The van der Waals surface area contributed by atoms with Gasteiger partial charge in [-0.1, -0.05) is 11.3 Å². The summed E-state index contributed by atoms with van der Waals surface area (Å²) in [5.74, 6) is 3.73. The van der Waals surface area contributed by atoms with Crippen LogP contribution in [-0.4, -0.2) is 16.1 Å². The van der Waals surface area contributed by atoms with Gasteiger partial charge in [0.15, 0.2) is 0 Å². The lowest BCUT2D eigenvalue weighted by atomic mass is 10.3. The Hall–Kier alpha value is -1.98. The molecular weight excluding hydrogens is 172 g/mol. The first-order valence-corrected chi connectivity index (χ1v) is 3.50. The van der Waals surface area contributed by atoms with Gasteiger partial charge in [-0.3, -0.25) is 0 Å². The standard InChI is InChI=1S/C7H8N4O2/c8-11-9-4-5-2-1-3-6(10-5)7(12)13/h1-3H,4H2,(H2,8,9)(H,12,13). The van der Waals surface area contributed by atoms with E-state index in [1.165, 1.54) is 6.07 Å². The second-order valence-corrected chi connectivity index (χ2v) is 2.23. The van der Waals surface area contributed by atoms with E-state index in [1.807, 2.05) is 0 Å². The molecule has 68 valence electrons. The Kier molecular flexibility index (Phi) is 2.91. The number of hydrogen-bond donors (Lipinski definition) is 2. The first-order valence-electron chi connectivity index (χ1n) is 3.50. The van der Waals surface area contributed by atoms with Gasteiger partial charge in [0.2, 0.25) is 0 Å². The van der Waals surface area contributed by atoms with Gasteiger partial charge in [0.05, 0.1) is 5.69 Å². The third kappa shape index (κ3) is 2.51. The molecule has 0 saturated carbocycles. The number of carbonyl (C=O) groups is 1. The number of pyridine rings is 1. The van der Waals surface area contributed by atoms with Crippen LogP contribution in [0, 0.1) is 0 Å². The zero-order chi connectivity index (χ0) is 9.68. The monoisotopic (exact) mass is 180 g/mol. The number of aromatic nitrogens is 1. The van der Waals surface area contributed by atoms with E-state index in [2.05, 4.69) is 15.3 Å². The number of rotatable bonds is 3. The Morgan fingerprint density at radius 3 is 3.00 bits per heavy atom. The van der Waals surface area contributed by atoms with Gasteiger partial charge in [-0.15, -0.1) is 0 Å². The summed E-state index contributed by atoms with van der Waals surface area (Å²) >= 11 is 0. The molecule has 0 aliphatic carbocycles. The molecule has 0 bridgehead atoms. The van der Waals surface area contributed by atoms with Crippen molar-refractivity contribution in [1.82, 2.24) is 4.98 Å². The molecule has 0 atom stereocenters. The SMILES string of the molecule is NN=NCc1cccc(C(=O)O)n1. The van der Waals surface area contributed by atoms with Crippen molar-refractivity contribution < 1.29 is 9.90 Å². The van der Waals surface area contributed by atoms with E-state index < -0.39 is 5.97 Å². The van der Waals surface area contributed by atoms with Crippen LogP contribution >= 0.6 is 0 Å². The maximum absolute atomic E-state index is 10.5. The second-order valence-electron chi connectivity index (χ2n) is 2.23. The van der Waals surface area contributed by atoms with Crippen molar-refractivity contribution in [1.29, 1.82) is 0 Å². The summed E-state index contributed by atoms with van der Waals surface area (Å²) in [6.07, 6.45) is 0. The molecule has 3 N–H and O–H groups in total. The Labute approximate surface area is 74.1 Å². The molecule has 0 aliphatic heterocycles. The first-order chi connectivity index (χ1) is 6.24. The fraction of sp³-hybridized carbons (Fsp3) is 0.143. The van der Waals surface area contributed by atoms with Crippen molar-refractivity contribution in [2.75, 3.05) is 0 Å². The van der Waals surface area contributed by atoms with E-state index in [4.69, 9.17) is 10.9 Å². The molecule has 1 heterocycles. The van der Waals surface area contributed by atoms with Crippen molar-refractivity contribution in [2.45, 2.75) is 6.54 Å². The highest BCUT2D eigenvalue weighted by Gasteiger charge is 2.03. The zero-order valence-electron chi connectivity index (χ0n) is 6.71. The van der Waals surface area contributed by atoms with Crippen LogP contribution in [-0.2, 0) is 6.54 Å². The molecular formula is C7H8N4O2. The Morgan fingerprint density at radius 2 is 2.38 bits per heavy atom. The minimum absolute atomic E-state index is 0.00952.